The van der Waals surface area contributed by atoms with Gasteiger partial charge in [0, 0.05) is 0 Å². The van der Waals surface area contributed by atoms with Gasteiger partial charge in [0.15, 0.2) is 6.61 Å². The van der Waals surface area contributed by atoms with Gasteiger partial charge in [-0.15, -0.1) is 6.58 Å². The van der Waals surface area contributed by atoms with Crippen LogP contribution in [-0.2, 0) is 20.8 Å². The maximum absolute atomic E-state index is 13.0. The Morgan fingerprint density at radius 2 is 1.87 bits per heavy atom. The van der Waals surface area contributed by atoms with Crippen LogP contribution in [0.2, 0.25) is 0 Å². The average Bonchev–Trinajstić information content (AvgIpc) is 2.72. The average molecular weight is 420 g/mol. The molecule has 0 aliphatic carbocycles. The number of barbiturate groups is 1. The predicted octanol–water partition coefficient (Wildman–Crippen LogP) is 2.85. The first-order valence-corrected chi connectivity index (χ1v) is 9.36. The number of benzene rings is 2. The SMILES string of the molecule is C=CCc1cc(/C=C2\C(=O)NC(=O)N(c3ccc(C)cc3)C2=O)ccc1OCC(=O)O. The summed E-state index contributed by atoms with van der Waals surface area (Å²) in [6, 6.07) is 10.8. The van der Waals surface area contributed by atoms with E-state index in [0.717, 1.165) is 10.5 Å². The zero-order chi connectivity index (χ0) is 22.5. The van der Waals surface area contributed by atoms with Gasteiger partial charge in [0.1, 0.15) is 11.3 Å². The summed E-state index contributed by atoms with van der Waals surface area (Å²) in [6.07, 6.45) is 3.38. The van der Waals surface area contributed by atoms with Crippen molar-refractivity contribution >= 4 is 35.6 Å². The highest BCUT2D eigenvalue weighted by Gasteiger charge is 2.36. The number of aliphatic carboxylic acids is 1. The second kappa shape index (κ2) is 9.08. The van der Waals surface area contributed by atoms with E-state index in [1.165, 1.54) is 6.08 Å². The summed E-state index contributed by atoms with van der Waals surface area (Å²) >= 11 is 0. The molecule has 0 spiro atoms. The van der Waals surface area contributed by atoms with Gasteiger partial charge in [-0.05, 0) is 54.8 Å². The van der Waals surface area contributed by atoms with Crippen molar-refractivity contribution in [3.05, 3.63) is 77.4 Å². The summed E-state index contributed by atoms with van der Waals surface area (Å²) in [7, 11) is 0. The van der Waals surface area contributed by atoms with E-state index < -0.39 is 30.4 Å². The van der Waals surface area contributed by atoms with Crippen LogP contribution in [0, 0.1) is 6.92 Å². The lowest BCUT2D eigenvalue weighted by atomic mass is 10.0. The third-order valence-electron chi connectivity index (χ3n) is 4.50. The normalized spacial score (nSPS) is 15.1. The first kappa shape index (κ1) is 21.5. The van der Waals surface area contributed by atoms with Gasteiger partial charge < -0.3 is 9.84 Å². The second-order valence-electron chi connectivity index (χ2n) is 6.84. The van der Waals surface area contributed by atoms with Crippen molar-refractivity contribution in [2.75, 3.05) is 11.5 Å². The molecular formula is C23H20N2O6. The van der Waals surface area contributed by atoms with Gasteiger partial charge in [-0.25, -0.2) is 14.5 Å². The van der Waals surface area contributed by atoms with Crippen LogP contribution in [0.25, 0.3) is 6.08 Å². The first-order chi connectivity index (χ1) is 14.8. The van der Waals surface area contributed by atoms with E-state index in [4.69, 9.17) is 9.84 Å². The van der Waals surface area contributed by atoms with Crippen molar-refractivity contribution in [1.29, 1.82) is 0 Å². The molecule has 1 fully saturated rings. The number of amides is 4. The van der Waals surface area contributed by atoms with Gasteiger partial charge in [-0.1, -0.05) is 29.8 Å². The standard InChI is InChI=1S/C23H20N2O6/c1-3-4-16-11-15(7-10-19(16)31-13-20(26)27)12-18-21(28)24-23(30)25(22(18)29)17-8-5-14(2)6-9-17/h3,5-12H,1,4,13H2,2H3,(H,26,27)(H,24,28,30)/b18-12+. The molecule has 1 aliphatic heterocycles. The Morgan fingerprint density at radius 1 is 1.16 bits per heavy atom. The lowest BCUT2D eigenvalue weighted by molar-refractivity contribution is -0.139. The van der Waals surface area contributed by atoms with E-state index in [9.17, 15) is 19.2 Å². The fraction of sp³-hybridized carbons (Fsp3) is 0.130. The Balaban J connectivity index is 1.96. The second-order valence-corrected chi connectivity index (χ2v) is 6.84. The highest BCUT2D eigenvalue weighted by molar-refractivity contribution is 6.39. The number of imide groups is 2. The van der Waals surface area contributed by atoms with Gasteiger partial charge in [0.05, 0.1) is 5.69 Å². The van der Waals surface area contributed by atoms with Crippen LogP contribution in [0.4, 0.5) is 10.5 Å². The summed E-state index contributed by atoms with van der Waals surface area (Å²) in [5.74, 6) is -2.29. The van der Waals surface area contributed by atoms with Crippen molar-refractivity contribution < 1.29 is 29.0 Å². The van der Waals surface area contributed by atoms with Gasteiger partial charge in [0.25, 0.3) is 11.8 Å². The third kappa shape index (κ3) is 4.87. The van der Waals surface area contributed by atoms with E-state index in [1.807, 2.05) is 6.92 Å². The Kier molecular flexibility index (Phi) is 6.30. The molecule has 2 N–H and O–H groups in total. The van der Waals surface area contributed by atoms with Crippen molar-refractivity contribution in [1.82, 2.24) is 5.32 Å². The molecule has 1 saturated heterocycles. The number of carbonyl (C=O) groups excluding carboxylic acids is 3. The molecule has 1 heterocycles. The fourth-order valence-electron chi connectivity index (χ4n) is 3.04. The number of nitrogens with one attached hydrogen (secondary N) is 1. The molecule has 0 bridgehead atoms. The Labute approximate surface area is 178 Å². The maximum Gasteiger partial charge on any atom is 0.341 e. The summed E-state index contributed by atoms with van der Waals surface area (Å²) in [5, 5.41) is 11.0. The molecule has 0 unspecified atom stereocenters. The van der Waals surface area contributed by atoms with Crippen molar-refractivity contribution in [3.63, 3.8) is 0 Å². The van der Waals surface area contributed by atoms with Gasteiger partial charge in [0.2, 0.25) is 0 Å². The lowest BCUT2D eigenvalue weighted by Crippen LogP contribution is -2.54. The number of urea groups is 1. The van der Waals surface area contributed by atoms with Crippen LogP contribution in [0.5, 0.6) is 5.75 Å². The molecule has 0 atom stereocenters. The lowest BCUT2D eigenvalue weighted by Gasteiger charge is -2.26. The Morgan fingerprint density at radius 3 is 2.52 bits per heavy atom. The molecule has 2 aromatic rings. The molecular weight excluding hydrogens is 400 g/mol. The molecule has 0 saturated carbocycles. The number of hydrogen-bond acceptors (Lipinski definition) is 5. The number of ether oxygens (including phenoxy) is 1. The van der Waals surface area contributed by atoms with E-state index >= 15 is 0 Å². The zero-order valence-corrected chi connectivity index (χ0v) is 16.8. The van der Waals surface area contributed by atoms with E-state index in [1.54, 1.807) is 48.5 Å². The summed E-state index contributed by atoms with van der Waals surface area (Å²) < 4.78 is 5.27. The van der Waals surface area contributed by atoms with E-state index in [0.29, 0.717) is 29.0 Å². The minimum Gasteiger partial charge on any atom is -0.482 e. The molecule has 1 aliphatic rings. The van der Waals surface area contributed by atoms with Gasteiger partial charge in [-0.3, -0.25) is 14.9 Å². The van der Waals surface area contributed by atoms with E-state index in [-0.39, 0.29) is 5.57 Å². The fourth-order valence-corrected chi connectivity index (χ4v) is 3.04. The largest absolute Gasteiger partial charge is 0.482 e. The molecule has 158 valence electrons. The smallest absolute Gasteiger partial charge is 0.341 e. The predicted molar refractivity (Wildman–Crippen MR) is 114 cm³/mol. The molecule has 2 aromatic carbocycles. The Bertz CT molecular complexity index is 1100. The molecule has 0 aromatic heterocycles. The van der Waals surface area contributed by atoms with Gasteiger partial charge >= 0.3 is 12.0 Å². The van der Waals surface area contributed by atoms with Crippen LogP contribution in [-0.4, -0.2) is 35.5 Å². The number of nitrogens with zero attached hydrogens (tertiary/aromatic N) is 1. The van der Waals surface area contributed by atoms with Crippen LogP contribution in [0.1, 0.15) is 16.7 Å². The van der Waals surface area contributed by atoms with Crippen molar-refractivity contribution in [2.24, 2.45) is 0 Å². The number of carboxylic acid groups (broad SMARTS) is 1. The summed E-state index contributed by atoms with van der Waals surface area (Å²) in [4.78, 5) is 49.3. The zero-order valence-electron chi connectivity index (χ0n) is 16.8. The highest BCUT2D eigenvalue weighted by atomic mass is 16.5. The highest BCUT2D eigenvalue weighted by Crippen LogP contribution is 2.25. The van der Waals surface area contributed by atoms with E-state index in [2.05, 4.69) is 11.9 Å². The third-order valence-corrected chi connectivity index (χ3v) is 4.50. The molecule has 8 heteroatoms. The number of carboxylic acids is 1. The van der Waals surface area contributed by atoms with Crippen LogP contribution in [0.3, 0.4) is 0 Å². The summed E-state index contributed by atoms with van der Waals surface area (Å²) in [6.45, 7) is 5.05. The number of rotatable bonds is 7. The number of aryl methyl sites for hydroxylation is 1. The first-order valence-electron chi connectivity index (χ1n) is 9.36. The summed E-state index contributed by atoms with van der Waals surface area (Å²) in [5.41, 5.74) is 2.25. The van der Waals surface area contributed by atoms with Crippen LogP contribution in [0.15, 0.2) is 60.7 Å². The minimum absolute atomic E-state index is 0.205. The minimum atomic E-state index is -1.11. The molecule has 8 nitrogen and oxygen atoms in total. The number of allylic oxidation sites excluding steroid dienone is 1. The quantitative estimate of drug-likeness (QED) is 0.405. The number of hydrogen-bond donors (Lipinski definition) is 2. The molecule has 4 amide bonds. The maximum atomic E-state index is 13.0. The topological polar surface area (TPSA) is 113 Å². The van der Waals surface area contributed by atoms with Crippen LogP contribution < -0.4 is 15.0 Å². The van der Waals surface area contributed by atoms with Crippen molar-refractivity contribution in [2.45, 2.75) is 13.3 Å². The van der Waals surface area contributed by atoms with Crippen molar-refractivity contribution in [3.8, 4) is 5.75 Å². The van der Waals surface area contributed by atoms with Crippen LogP contribution >= 0.6 is 0 Å². The molecule has 31 heavy (non-hydrogen) atoms. The Hall–Kier alpha value is -4.20. The monoisotopic (exact) mass is 420 g/mol. The van der Waals surface area contributed by atoms with Gasteiger partial charge in [-0.2, -0.15) is 0 Å². The number of carbonyl (C=O) groups is 4. The molecule has 3 rings (SSSR count). The molecule has 0 radical (unpaired) electrons. The number of anilines is 1.